The number of carbonyl (C=O) groups is 2. The zero-order chi connectivity index (χ0) is 24.8. The van der Waals surface area contributed by atoms with E-state index in [2.05, 4.69) is 10.4 Å². The van der Waals surface area contributed by atoms with E-state index in [4.69, 9.17) is 5.11 Å². The summed E-state index contributed by atoms with van der Waals surface area (Å²) in [6, 6.07) is 5.81. The van der Waals surface area contributed by atoms with Gasteiger partial charge in [-0.2, -0.15) is 5.10 Å². The summed E-state index contributed by atoms with van der Waals surface area (Å²) in [5.41, 5.74) is 2.04. The van der Waals surface area contributed by atoms with E-state index in [0.717, 1.165) is 25.7 Å². The van der Waals surface area contributed by atoms with Crippen LogP contribution >= 0.6 is 0 Å². The number of hydrogen-bond acceptors (Lipinski definition) is 5. The minimum absolute atomic E-state index is 0.0899. The maximum atomic E-state index is 13.5. The van der Waals surface area contributed by atoms with Gasteiger partial charge in [0.2, 0.25) is 0 Å². The summed E-state index contributed by atoms with van der Waals surface area (Å²) in [4.78, 5) is 23.9. The number of benzene rings is 1. The third kappa shape index (κ3) is 6.51. The number of carbonyl (C=O) groups excluding carboxylic acids is 1. The molecule has 1 heterocycles. The quantitative estimate of drug-likeness (QED) is 0.419. The van der Waals surface area contributed by atoms with Gasteiger partial charge in [-0.3, -0.25) is 9.59 Å². The molecule has 2 aromatic rings. The van der Waals surface area contributed by atoms with Crippen molar-refractivity contribution in [3.63, 3.8) is 0 Å². The number of amides is 1. The maximum Gasteiger partial charge on any atom is 0.305 e. The lowest BCUT2D eigenvalue weighted by Crippen LogP contribution is -2.33. The molecule has 1 fully saturated rings. The molecule has 4 N–H and O–H groups in total. The van der Waals surface area contributed by atoms with Crippen LogP contribution in [-0.4, -0.2) is 55.2 Å². The van der Waals surface area contributed by atoms with Crippen LogP contribution in [0.25, 0.3) is 11.8 Å². The lowest BCUT2D eigenvalue weighted by molar-refractivity contribution is -0.139. The summed E-state index contributed by atoms with van der Waals surface area (Å²) in [6.45, 7) is 3.87. The smallest absolute Gasteiger partial charge is 0.305 e. The number of aliphatic hydroxyl groups excluding tert-OH is 2. The summed E-state index contributed by atoms with van der Waals surface area (Å²) in [5, 5.41) is 36.6. The van der Waals surface area contributed by atoms with Crippen molar-refractivity contribution in [2.75, 3.05) is 0 Å². The Morgan fingerprint density at radius 1 is 1.21 bits per heavy atom. The van der Waals surface area contributed by atoms with Crippen LogP contribution in [0.1, 0.15) is 80.0 Å². The highest BCUT2D eigenvalue weighted by Crippen LogP contribution is 2.29. The Hall–Kier alpha value is -3.04. The lowest BCUT2D eigenvalue weighted by Gasteiger charge is -2.13. The van der Waals surface area contributed by atoms with E-state index in [0.29, 0.717) is 16.9 Å². The molecule has 0 unspecified atom stereocenters. The SMILES string of the molecule is CC(C)c1c(C(=O)NC2CCCC2)nn(-c2ccc(F)cc2)c1/C=C/[C@@H](O)C[C@@H](O)CC(=O)O. The van der Waals surface area contributed by atoms with Gasteiger partial charge >= 0.3 is 5.97 Å². The zero-order valence-corrected chi connectivity index (χ0v) is 19.4. The Bertz CT molecular complexity index is 1030. The third-order valence-electron chi connectivity index (χ3n) is 5.91. The molecule has 1 saturated carbocycles. The van der Waals surface area contributed by atoms with Gasteiger partial charge in [-0.1, -0.05) is 32.8 Å². The highest BCUT2D eigenvalue weighted by Gasteiger charge is 2.27. The average molecular weight is 474 g/mol. The topological polar surface area (TPSA) is 125 Å². The van der Waals surface area contributed by atoms with Crippen LogP contribution in [0.4, 0.5) is 4.39 Å². The van der Waals surface area contributed by atoms with Crippen LogP contribution in [0, 0.1) is 5.82 Å². The van der Waals surface area contributed by atoms with E-state index in [9.17, 15) is 24.2 Å². The van der Waals surface area contributed by atoms with E-state index >= 15 is 0 Å². The predicted molar refractivity (Wildman–Crippen MR) is 125 cm³/mol. The Balaban J connectivity index is 1.98. The fourth-order valence-electron chi connectivity index (χ4n) is 4.29. The van der Waals surface area contributed by atoms with Crippen molar-refractivity contribution in [1.29, 1.82) is 0 Å². The van der Waals surface area contributed by atoms with Crippen LogP contribution in [0.15, 0.2) is 30.3 Å². The Labute approximate surface area is 198 Å². The molecule has 1 aromatic carbocycles. The largest absolute Gasteiger partial charge is 0.481 e. The molecule has 2 atom stereocenters. The second kappa shape index (κ2) is 11.4. The fraction of sp³-hybridized carbons (Fsp3) is 0.480. The molecule has 1 aliphatic rings. The molecule has 1 aliphatic carbocycles. The molecule has 0 aliphatic heterocycles. The monoisotopic (exact) mass is 473 g/mol. The number of carboxylic acids is 1. The maximum absolute atomic E-state index is 13.5. The van der Waals surface area contributed by atoms with Gasteiger partial charge in [0, 0.05) is 18.0 Å². The molecule has 9 heteroatoms. The van der Waals surface area contributed by atoms with Crippen LogP contribution in [0.3, 0.4) is 0 Å². The second-order valence-corrected chi connectivity index (χ2v) is 9.06. The first kappa shape index (κ1) is 25.6. The van der Waals surface area contributed by atoms with E-state index in [1.165, 1.54) is 22.9 Å². The van der Waals surface area contributed by atoms with Crippen molar-refractivity contribution in [3.8, 4) is 5.69 Å². The number of nitrogens with zero attached hydrogens (tertiary/aromatic N) is 2. The van der Waals surface area contributed by atoms with Crippen LogP contribution < -0.4 is 5.32 Å². The number of hydrogen-bond donors (Lipinski definition) is 4. The molecular weight excluding hydrogens is 441 g/mol. The van der Waals surface area contributed by atoms with Gasteiger partial charge < -0.3 is 20.6 Å². The minimum Gasteiger partial charge on any atom is -0.481 e. The van der Waals surface area contributed by atoms with Crippen molar-refractivity contribution < 1.29 is 29.3 Å². The zero-order valence-electron chi connectivity index (χ0n) is 19.4. The second-order valence-electron chi connectivity index (χ2n) is 9.06. The molecule has 8 nitrogen and oxygen atoms in total. The van der Waals surface area contributed by atoms with Crippen molar-refractivity contribution in [1.82, 2.24) is 15.1 Å². The Morgan fingerprint density at radius 2 is 1.85 bits per heavy atom. The number of carboxylic acid groups (broad SMARTS) is 1. The molecule has 34 heavy (non-hydrogen) atoms. The van der Waals surface area contributed by atoms with E-state index in [1.54, 1.807) is 18.2 Å². The first-order valence-corrected chi connectivity index (χ1v) is 11.6. The number of nitrogens with one attached hydrogen (secondary N) is 1. The molecule has 184 valence electrons. The van der Waals surface area contributed by atoms with Crippen molar-refractivity contribution in [2.45, 2.75) is 76.5 Å². The molecule has 0 bridgehead atoms. The Morgan fingerprint density at radius 3 is 2.44 bits per heavy atom. The average Bonchev–Trinajstić information content (AvgIpc) is 3.39. The lowest BCUT2D eigenvalue weighted by atomic mass is 9.98. The van der Waals surface area contributed by atoms with Crippen molar-refractivity contribution in [2.24, 2.45) is 0 Å². The fourth-order valence-corrected chi connectivity index (χ4v) is 4.29. The summed E-state index contributed by atoms with van der Waals surface area (Å²) in [5.74, 6) is -1.92. The molecule has 3 rings (SSSR count). The van der Waals surface area contributed by atoms with Crippen LogP contribution in [0.5, 0.6) is 0 Å². The molecule has 0 radical (unpaired) electrons. The molecule has 1 amide bonds. The molecule has 0 spiro atoms. The first-order chi connectivity index (χ1) is 16.2. The highest BCUT2D eigenvalue weighted by molar-refractivity contribution is 5.95. The van der Waals surface area contributed by atoms with Crippen molar-refractivity contribution in [3.05, 3.63) is 53.1 Å². The number of rotatable bonds is 10. The van der Waals surface area contributed by atoms with Gasteiger partial charge in [0.05, 0.1) is 30.0 Å². The van der Waals surface area contributed by atoms with E-state index in [1.807, 2.05) is 13.8 Å². The van der Waals surface area contributed by atoms with Crippen LogP contribution in [0.2, 0.25) is 0 Å². The summed E-state index contributed by atoms with van der Waals surface area (Å²) in [7, 11) is 0. The number of halogens is 1. The van der Waals surface area contributed by atoms with E-state index < -0.39 is 30.4 Å². The molecular formula is C25H32FN3O5. The number of aliphatic hydroxyl groups is 2. The van der Waals surface area contributed by atoms with Gasteiger partial charge in [-0.15, -0.1) is 0 Å². The third-order valence-corrected chi connectivity index (χ3v) is 5.91. The summed E-state index contributed by atoms with van der Waals surface area (Å²) in [6.07, 6.45) is 4.12. The van der Waals surface area contributed by atoms with Gasteiger partial charge in [-0.05, 0) is 49.1 Å². The predicted octanol–water partition coefficient (Wildman–Crippen LogP) is 3.41. The highest BCUT2D eigenvalue weighted by atomic mass is 19.1. The van der Waals surface area contributed by atoms with Crippen molar-refractivity contribution >= 4 is 18.0 Å². The van der Waals surface area contributed by atoms with Gasteiger partial charge in [0.15, 0.2) is 5.69 Å². The summed E-state index contributed by atoms with van der Waals surface area (Å²) >= 11 is 0. The molecule has 1 aromatic heterocycles. The first-order valence-electron chi connectivity index (χ1n) is 11.6. The number of aromatic nitrogens is 2. The standard InChI is InChI=1S/C25H32FN3O5/c1-15(2)23-21(12-11-19(30)13-20(31)14-22(32)33)29(18-9-7-16(26)8-10-18)28-24(23)25(34)27-17-5-3-4-6-17/h7-12,15,17,19-20,30-31H,3-6,13-14H2,1-2H3,(H,27,34)(H,32,33)/b12-11+/t19-,20-/m1/s1. The summed E-state index contributed by atoms with van der Waals surface area (Å²) < 4.78 is 15.1. The Kier molecular flexibility index (Phi) is 8.57. The van der Waals surface area contributed by atoms with Gasteiger partial charge in [0.25, 0.3) is 5.91 Å². The van der Waals surface area contributed by atoms with Crippen LogP contribution in [-0.2, 0) is 4.79 Å². The number of aliphatic carboxylic acids is 1. The molecule has 0 saturated heterocycles. The van der Waals surface area contributed by atoms with Gasteiger partial charge in [0.1, 0.15) is 5.82 Å². The minimum atomic E-state index is -1.20. The van der Waals surface area contributed by atoms with E-state index in [-0.39, 0.29) is 30.0 Å². The van der Waals surface area contributed by atoms with Gasteiger partial charge in [-0.25, -0.2) is 9.07 Å². The normalized spacial score (nSPS) is 16.3.